The Balaban J connectivity index is 1.87. The maximum atomic E-state index is 11.7. The van der Waals surface area contributed by atoms with Crippen molar-refractivity contribution in [3.8, 4) is 11.5 Å². The van der Waals surface area contributed by atoms with Crippen LogP contribution < -0.4 is 9.47 Å². The lowest BCUT2D eigenvalue weighted by molar-refractivity contribution is -0.151. The highest BCUT2D eigenvalue weighted by Gasteiger charge is 2.71. The number of methoxy groups -OCH3 is 1. The molecule has 0 aromatic heterocycles. The van der Waals surface area contributed by atoms with Crippen LogP contribution in [0, 0.1) is 0 Å². The lowest BCUT2D eigenvalue weighted by atomic mass is 9.50. The Bertz CT molecular complexity index is 732. The molecule has 5 atom stereocenters. The van der Waals surface area contributed by atoms with Crippen molar-refractivity contribution in [2.24, 2.45) is 0 Å². The standard InChI is InChI=1S/C18H21NO4/c1-19-8-7-17-14-10-3-4-12(22-2)15(14)23-16(17)11(20)5-6-18(17,21)13(19)9-10/h3-6,11,13,16,20-21H,7-9H2,1-2H3/t11?,13-,16+,17+,18-/m1/s1. The van der Waals surface area contributed by atoms with Crippen LogP contribution in [-0.4, -0.2) is 59.7 Å². The van der Waals surface area contributed by atoms with Crippen LogP contribution in [-0.2, 0) is 11.8 Å². The van der Waals surface area contributed by atoms with E-state index in [1.807, 2.05) is 12.1 Å². The summed E-state index contributed by atoms with van der Waals surface area (Å²) in [5.41, 5.74) is 0.647. The highest BCUT2D eigenvalue weighted by molar-refractivity contribution is 5.64. The summed E-state index contributed by atoms with van der Waals surface area (Å²) in [5.74, 6) is 1.39. The summed E-state index contributed by atoms with van der Waals surface area (Å²) < 4.78 is 11.7. The second-order valence-electron chi connectivity index (χ2n) is 7.27. The predicted octanol–water partition coefficient (Wildman–Crippen LogP) is 0.616. The van der Waals surface area contributed by atoms with Crippen molar-refractivity contribution in [3.63, 3.8) is 0 Å². The summed E-state index contributed by atoms with van der Waals surface area (Å²) in [7, 11) is 3.69. The number of ether oxygens (including phenoxy) is 2. The van der Waals surface area contributed by atoms with E-state index >= 15 is 0 Å². The van der Waals surface area contributed by atoms with Gasteiger partial charge < -0.3 is 19.7 Å². The minimum Gasteiger partial charge on any atom is -0.493 e. The quantitative estimate of drug-likeness (QED) is 0.744. The lowest BCUT2D eigenvalue weighted by Crippen LogP contribution is -2.75. The SMILES string of the molecule is COc1ccc2c3c1O[C@H]1C(O)C=C[C@@]4(O)[C@@H](C2)N(C)CC[C@]314. The molecule has 1 aromatic rings. The van der Waals surface area contributed by atoms with Crippen molar-refractivity contribution in [2.45, 2.75) is 42.1 Å². The van der Waals surface area contributed by atoms with Gasteiger partial charge in [0.05, 0.1) is 12.5 Å². The highest BCUT2D eigenvalue weighted by atomic mass is 16.5. The molecule has 0 radical (unpaired) electrons. The number of likely N-dealkylation sites (N-methyl/N-ethyl adjacent to an activating group) is 1. The fourth-order valence-corrected chi connectivity index (χ4v) is 5.44. The molecule has 5 heteroatoms. The Labute approximate surface area is 135 Å². The van der Waals surface area contributed by atoms with Gasteiger partial charge in [-0.15, -0.1) is 0 Å². The molecule has 2 N–H and O–H groups in total. The van der Waals surface area contributed by atoms with E-state index in [-0.39, 0.29) is 6.04 Å². The fourth-order valence-electron chi connectivity index (χ4n) is 5.44. The molecule has 2 aliphatic carbocycles. The van der Waals surface area contributed by atoms with Gasteiger partial charge in [-0.05, 0) is 38.1 Å². The van der Waals surface area contributed by atoms with Crippen molar-refractivity contribution >= 4 is 0 Å². The average Bonchev–Trinajstić information content (AvgIpc) is 2.90. The van der Waals surface area contributed by atoms with Crippen LogP contribution in [0.25, 0.3) is 0 Å². The summed E-state index contributed by atoms with van der Waals surface area (Å²) in [6.07, 6.45) is 3.86. The normalized spacial score (nSPS) is 43.0. The topological polar surface area (TPSA) is 62.2 Å². The zero-order valence-electron chi connectivity index (χ0n) is 13.3. The third kappa shape index (κ3) is 1.32. The fraction of sp³-hybridized carbons (Fsp3) is 0.556. The Morgan fingerprint density at radius 1 is 1.39 bits per heavy atom. The lowest BCUT2D eigenvalue weighted by Gasteiger charge is -2.61. The Morgan fingerprint density at radius 3 is 3.00 bits per heavy atom. The van der Waals surface area contributed by atoms with Crippen LogP contribution in [0.5, 0.6) is 11.5 Å². The number of hydrogen-bond donors (Lipinski definition) is 2. The van der Waals surface area contributed by atoms with Gasteiger partial charge in [0.2, 0.25) is 0 Å². The molecule has 23 heavy (non-hydrogen) atoms. The largest absolute Gasteiger partial charge is 0.493 e. The Hall–Kier alpha value is -1.56. The van der Waals surface area contributed by atoms with Gasteiger partial charge >= 0.3 is 0 Å². The van der Waals surface area contributed by atoms with Crippen LogP contribution in [0.4, 0.5) is 0 Å². The molecule has 2 bridgehead atoms. The first-order valence-electron chi connectivity index (χ1n) is 8.20. The van der Waals surface area contributed by atoms with E-state index < -0.39 is 23.2 Å². The van der Waals surface area contributed by atoms with Crippen LogP contribution in [0.2, 0.25) is 0 Å². The molecule has 1 fully saturated rings. The van der Waals surface area contributed by atoms with Crippen LogP contribution >= 0.6 is 0 Å². The van der Waals surface area contributed by atoms with Gasteiger partial charge in [-0.2, -0.15) is 0 Å². The Kier molecular flexibility index (Phi) is 2.46. The van der Waals surface area contributed by atoms with Crippen molar-refractivity contribution in [3.05, 3.63) is 35.4 Å². The van der Waals surface area contributed by atoms with Crippen molar-refractivity contribution in [1.82, 2.24) is 4.90 Å². The van der Waals surface area contributed by atoms with E-state index in [0.29, 0.717) is 11.5 Å². The van der Waals surface area contributed by atoms with E-state index in [1.165, 1.54) is 5.56 Å². The highest BCUT2D eigenvalue weighted by Crippen LogP contribution is 2.63. The van der Waals surface area contributed by atoms with Crippen molar-refractivity contribution in [2.75, 3.05) is 20.7 Å². The summed E-state index contributed by atoms with van der Waals surface area (Å²) >= 11 is 0. The molecular formula is C18H21NO4. The molecular weight excluding hydrogens is 294 g/mol. The number of nitrogens with zero attached hydrogens (tertiary/aromatic N) is 1. The van der Waals surface area contributed by atoms with Crippen molar-refractivity contribution in [1.29, 1.82) is 0 Å². The second kappa shape index (κ2) is 4.09. The minimum atomic E-state index is -1.02. The molecule has 0 amide bonds. The average molecular weight is 315 g/mol. The molecule has 1 saturated heterocycles. The molecule has 5 rings (SSSR count). The first kappa shape index (κ1) is 13.8. The maximum Gasteiger partial charge on any atom is 0.166 e. The van der Waals surface area contributed by atoms with E-state index in [1.54, 1.807) is 13.2 Å². The molecule has 4 aliphatic rings. The van der Waals surface area contributed by atoms with Crippen molar-refractivity contribution < 1.29 is 19.7 Å². The molecule has 5 nitrogen and oxygen atoms in total. The predicted molar refractivity (Wildman–Crippen MR) is 83.9 cm³/mol. The first-order chi connectivity index (χ1) is 11.0. The minimum absolute atomic E-state index is 0.00190. The van der Waals surface area contributed by atoms with E-state index in [9.17, 15) is 10.2 Å². The summed E-state index contributed by atoms with van der Waals surface area (Å²) in [5, 5.41) is 22.3. The summed E-state index contributed by atoms with van der Waals surface area (Å²) in [6.45, 7) is 0.878. The van der Waals surface area contributed by atoms with Gasteiger partial charge in [0.1, 0.15) is 17.8 Å². The second-order valence-corrected chi connectivity index (χ2v) is 7.27. The molecule has 0 saturated carbocycles. The maximum absolute atomic E-state index is 11.7. The monoisotopic (exact) mass is 315 g/mol. The van der Waals surface area contributed by atoms with E-state index in [4.69, 9.17) is 9.47 Å². The number of benzene rings is 1. The first-order valence-corrected chi connectivity index (χ1v) is 8.20. The number of rotatable bonds is 1. The number of likely N-dealkylation sites (tertiary alicyclic amines) is 1. The van der Waals surface area contributed by atoms with E-state index in [2.05, 4.69) is 18.0 Å². The van der Waals surface area contributed by atoms with Crippen LogP contribution in [0.15, 0.2) is 24.3 Å². The summed E-state index contributed by atoms with van der Waals surface area (Å²) in [4.78, 5) is 2.23. The van der Waals surface area contributed by atoms with Crippen LogP contribution in [0.3, 0.4) is 0 Å². The van der Waals surface area contributed by atoms with Gasteiger partial charge in [-0.1, -0.05) is 18.2 Å². The summed E-state index contributed by atoms with van der Waals surface area (Å²) in [6, 6.07) is 4.02. The zero-order chi connectivity index (χ0) is 16.0. The molecule has 2 heterocycles. The van der Waals surface area contributed by atoms with Gasteiger partial charge in [0.15, 0.2) is 11.5 Å². The van der Waals surface area contributed by atoms with Gasteiger partial charge in [0, 0.05) is 11.6 Å². The number of piperidine rings is 1. The third-order valence-corrected chi connectivity index (χ3v) is 6.49. The molecule has 122 valence electrons. The van der Waals surface area contributed by atoms with E-state index in [0.717, 1.165) is 24.9 Å². The van der Waals surface area contributed by atoms with Gasteiger partial charge in [0.25, 0.3) is 0 Å². The Morgan fingerprint density at radius 2 is 2.22 bits per heavy atom. The smallest absolute Gasteiger partial charge is 0.166 e. The molecule has 1 spiro atoms. The molecule has 2 aliphatic heterocycles. The van der Waals surface area contributed by atoms with Gasteiger partial charge in [-0.25, -0.2) is 0 Å². The van der Waals surface area contributed by atoms with Gasteiger partial charge in [-0.3, -0.25) is 4.90 Å². The number of aliphatic hydroxyl groups is 2. The zero-order valence-corrected chi connectivity index (χ0v) is 13.3. The molecule has 1 unspecified atom stereocenters. The number of hydrogen-bond acceptors (Lipinski definition) is 5. The van der Waals surface area contributed by atoms with Crippen LogP contribution in [0.1, 0.15) is 17.5 Å². The third-order valence-electron chi connectivity index (χ3n) is 6.49. The molecule has 1 aromatic carbocycles. The number of aliphatic hydroxyl groups excluding tert-OH is 1.